The van der Waals surface area contributed by atoms with Crippen LogP contribution in [0.25, 0.3) is 0 Å². The highest BCUT2D eigenvalue weighted by atomic mass is 127. The van der Waals surface area contributed by atoms with E-state index in [1.165, 1.54) is 0 Å². The maximum atomic E-state index is 12.8. The van der Waals surface area contributed by atoms with Crippen LogP contribution in [0.15, 0.2) is 23.2 Å². The number of guanidine groups is 1. The number of amides is 1. The Hall–Kier alpha value is -1.85. The summed E-state index contributed by atoms with van der Waals surface area (Å²) in [5.74, 6) is 0.874. The summed E-state index contributed by atoms with van der Waals surface area (Å²) in [4.78, 5) is 16.2. The topological polar surface area (TPSA) is 84.0 Å². The standard InChI is InChI=1S/C20H30F2N4O3.HI/c1-3-23-20(24-12-6-9-17(27)26-15-10-11-15)25-13-14-7-5-8-16(28-4-2)18(14)29-19(21)22;/h5,7-8,15,19H,3-4,6,9-13H2,1-2H3,(H,26,27)(H2,23,24,25);1H. The number of carbonyl (C=O) groups is 1. The van der Waals surface area contributed by atoms with Gasteiger partial charge in [0.1, 0.15) is 0 Å². The van der Waals surface area contributed by atoms with Crippen molar-refractivity contribution in [3.8, 4) is 11.5 Å². The molecule has 1 aromatic carbocycles. The molecule has 0 radical (unpaired) electrons. The molecule has 0 heterocycles. The number of aliphatic imine (C=N–C) groups is 1. The first-order valence-corrected chi connectivity index (χ1v) is 10.0. The van der Waals surface area contributed by atoms with Crippen LogP contribution in [0.1, 0.15) is 45.1 Å². The van der Waals surface area contributed by atoms with Crippen molar-refractivity contribution in [1.29, 1.82) is 0 Å². The second-order valence-electron chi connectivity index (χ2n) is 6.62. The highest BCUT2D eigenvalue weighted by molar-refractivity contribution is 14.0. The molecule has 1 saturated carbocycles. The molecular formula is C20H31F2IN4O3. The fraction of sp³-hybridized carbons (Fsp3) is 0.600. The van der Waals surface area contributed by atoms with Crippen LogP contribution in [0, 0.1) is 0 Å². The second kappa shape index (κ2) is 14.2. The normalized spacial score (nSPS) is 13.4. The van der Waals surface area contributed by atoms with Gasteiger partial charge in [0, 0.05) is 31.1 Å². The predicted molar refractivity (Wildman–Crippen MR) is 123 cm³/mol. The fourth-order valence-electron chi connectivity index (χ4n) is 2.67. The Labute approximate surface area is 193 Å². The lowest BCUT2D eigenvalue weighted by molar-refractivity contribution is -0.121. The third-order valence-electron chi connectivity index (χ3n) is 4.13. The SMILES string of the molecule is CCNC(=NCc1cccc(OCC)c1OC(F)F)NCCCC(=O)NC1CC1.I. The van der Waals surface area contributed by atoms with Crippen molar-refractivity contribution in [3.05, 3.63) is 23.8 Å². The Morgan fingerprint density at radius 1 is 1.27 bits per heavy atom. The second-order valence-corrected chi connectivity index (χ2v) is 6.62. The molecule has 1 amide bonds. The molecule has 7 nitrogen and oxygen atoms in total. The molecule has 1 aliphatic carbocycles. The largest absolute Gasteiger partial charge is 0.490 e. The maximum absolute atomic E-state index is 12.8. The lowest BCUT2D eigenvalue weighted by atomic mass is 10.2. The van der Waals surface area contributed by atoms with Crippen molar-refractivity contribution in [3.63, 3.8) is 0 Å². The van der Waals surface area contributed by atoms with Gasteiger partial charge < -0.3 is 25.4 Å². The Morgan fingerprint density at radius 2 is 2.03 bits per heavy atom. The summed E-state index contributed by atoms with van der Waals surface area (Å²) in [6.07, 6.45) is 3.26. The molecule has 170 valence electrons. The molecule has 10 heteroatoms. The van der Waals surface area contributed by atoms with Crippen molar-refractivity contribution in [1.82, 2.24) is 16.0 Å². The maximum Gasteiger partial charge on any atom is 0.387 e. The average Bonchev–Trinajstić information content (AvgIpc) is 3.49. The Kier molecular flexibility index (Phi) is 12.4. The summed E-state index contributed by atoms with van der Waals surface area (Å²) in [6, 6.07) is 5.35. The lowest BCUT2D eigenvalue weighted by Crippen LogP contribution is -2.38. The van der Waals surface area contributed by atoms with Gasteiger partial charge in [0.25, 0.3) is 0 Å². The zero-order chi connectivity index (χ0) is 21.1. The van der Waals surface area contributed by atoms with Gasteiger partial charge in [-0.25, -0.2) is 4.99 Å². The molecule has 0 saturated heterocycles. The summed E-state index contributed by atoms with van der Waals surface area (Å²) >= 11 is 0. The van der Waals surface area contributed by atoms with Gasteiger partial charge in [0.05, 0.1) is 13.2 Å². The van der Waals surface area contributed by atoms with E-state index in [9.17, 15) is 13.6 Å². The monoisotopic (exact) mass is 540 g/mol. The Bertz CT molecular complexity index is 688. The number of hydrogen-bond donors (Lipinski definition) is 3. The molecule has 30 heavy (non-hydrogen) atoms. The van der Waals surface area contributed by atoms with Crippen molar-refractivity contribution in [2.45, 2.75) is 58.7 Å². The van der Waals surface area contributed by atoms with Gasteiger partial charge in [-0.2, -0.15) is 8.78 Å². The minimum atomic E-state index is -2.95. The number of hydrogen-bond acceptors (Lipinski definition) is 4. The quantitative estimate of drug-likeness (QED) is 0.164. The summed E-state index contributed by atoms with van der Waals surface area (Å²) in [6.45, 7) is 2.45. The van der Waals surface area contributed by atoms with E-state index in [4.69, 9.17) is 4.74 Å². The number of ether oxygens (including phenoxy) is 2. The summed E-state index contributed by atoms with van der Waals surface area (Å²) in [5, 5.41) is 9.21. The van der Waals surface area contributed by atoms with Gasteiger partial charge >= 0.3 is 6.61 Å². The van der Waals surface area contributed by atoms with Gasteiger partial charge in [-0.15, -0.1) is 24.0 Å². The van der Waals surface area contributed by atoms with E-state index in [0.717, 1.165) is 12.8 Å². The number of para-hydroxylation sites is 1. The van der Waals surface area contributed by atoms with Crippen LogP contribution < -0.4 is 25.4 Å². The average molecular weight is 540 g/mol. The van der Waals surface area contributed by atoms with E-state index < -0.39 is 6.61 Å². The molecule has 0 aromatic heterocycles. The van der Waals surface area contributed by atoms with E-state index in [2.05, 4.69) is 25.7 Å². The van der Waals surface area contributed by atoms with Gasteiger partial charge in [0.2, 0.25) is 5.91 Å². The number of rotatable bonds is 12. The van der Waals surface area contributed by atoms with E-state index in [1.807, 2.05) is 6.92 Å². The zero-order valence-corrected chi connectivity index (χ0v) is 19.7. The van der Waals surface area contributed by atoms with Crippen molar-refractivity contribution < 1.29 is 23.0 Å². The number of alkyl halides is 2. The number of benzene rings is 1. The first-order valence-electron chi connectivity index (χ1n) is 10.0. The highest BCUT2D eigenvalue weighted by Gasteiger charge is 2.22. The van der Waals surface area contributed by atoms with Crippen molar-refractivity contribution >= 4 is 35.8 Å². The van der Waals surface area contributed by atoms with Gasteiger partial charge in [-0.3, -0.25) is 4.79 Å². The molecular weight excluding hydrogens is 509 g/mol. The molecule has 3 N–H and O–H groups in total. The summed E-state index contributed by atoms with van der Waals surface area (Å²) < 4.78 is 35.7. The molecule has 0 bridgehead atoms. The van der Waals surface area contributed by atoms with Crippen LogP contribution in [-0.2, 0) is 11.3 Å². The smallest absolute Gasteiger partial charge is 0.387 e. The van der Waals surface area contributed by atoms with Gasteiger partial charge in [-0.05, 0) is 39.2 Å². The third kappa shape index (κ3) is 9.77. The first kappa shape index (κ1) is 26.2. The Balaban J connectivity index is 0.00000450. The third-order valence-corrected chi connectivity index (χ3v) is 4.13. The number of carbonyl (C=O) groups excluding carboxylic acids is 1. The van der Waals surface area contributed by atoms with E-state index in [-0.39, 0.29) is 47.9 Å². The number of halogens is 3. The highest BCUT2D eigenvalue weighted by Crippen LogP contribution is 2.33. The van der Waals surface area contributed by atoms with Crippen LogP contribution in [0.2, 0.25) is 0 Å². The first-order chi connectivity index (χ1) is 14.0. The van der Waals surface area contributed by atoms with Crippen molar-refractivity contribution in [2.75, 3.05) is 19.7 Å². The number of nitrogens with one attached hydrogen (secondary N) is 3. The van der Waals surface area contributed by atoms with E-state index in [1.54, 1.807) is 25.1 Å². The van der Waals surface area contributed by atoms with Crippen LogP contribution >= 0.6 is 24.0 Å². The minimum absolute atomic E-state index is 0. The van der Waals surface area contributed by atoms with Crippen molar-refractivity contribution in [2.24, 2.45) is 4.99 Å². The zero-order valence-electron chi connectivity index (χ0n) is 17.4. The molecule has 0 unspecified atom stereocenters. The Morgan fingerprint density at radius 3 is 2.67 bits per heavy atom. The molecule has 2 rings (SSSR count). The van der Waals surface area contributed by atoms with E-state index in [0.29, 0.717) is 50.1 Å². The van der Waals surface area contributed by atoms with Crippen LogP contribution in [-0.4, -0.2) is 44.2 Å². The predicted octanol–water partition coefficient (Wildman–Crippen LogP) is 3.42. The molecule has 0 atom stereocenters. The van der Waals surface area contributed by atoms with Gasteiger partial charge in [0.15, 0.2) is 17.5 Å². The summed E-state index contributed by atoms with van der Waals surface area (Å²) in [5.41, 5.74) is 0.497. The molecule has 1 fully saturated rings. The molecule has 1 aliphatic rings. The summed E-state index contributed by atoms with van der Waals surface area (Å²) in [7, 11) is 0. The van der Waals surface area contributed by atoms with Gasteiger partial charge in [-0.1, -0.05) is 12.1 Å². The fourth-order valence-corrected chi connectivity index (χ4v) is 2.67. The van der Waals surface area contributed by atoms with Crippen LogP contribution in [0.3, 0.4) is 0 Å². The van der Waals surface area contributed by atoms with Crippen LogP contribution in [0.4, 0.5) is 8.78 Å². The van der Waals surface area contributed by atoms with Crippen LogP contribution in [0.5, 0.6) is 11.5 Å². The molecule has 0 aliphatic heterocycles. The van der Waals surface area contributed by atoms with E-state index >= 15 is 0 Å². The molecule has 1 aromatic rings. The number of nitrogens with zero attached hydrogens (tertiary/aromatic N) is 1. The molecule has 0 spiro atoms. The minimum Gasteiger partial charge on any atom is -0.490 e. The lowest BCUT2D eigenvalue weighted by Gasteiger charge is -2.15.